The number of nitrogens with one attached hydrogen (secondary N) is 1. The Balaban J connectivity index is 1.77. The minimum atomic E-state index is -1.08. The first kappa shape index (κ1) is 20.9. The molecule has 0 fully saturated rings. The zero-order valence-electron chi connectivity index (χ0n) is 16.9. The second kappa shape index (κ2) is 9.11. The van der Waals surface area contributed by atoms with Crippen LogP contribution in [-0.4, -0.2) is 60.6 Å². The van der Waals surface area contributed by atoms with Crippen LogP contribution >= 0.6 is 0 Å². The molecule has 2 atom stereocenters. The van der Waals surface area contributed by atoms with Crippen LogP contribution in [0.25, 0.3) is 0 Å². The van der Waals surface area contributed by atoms with Crippen molar-refractivity contribution in [1.82, 2.24) is 10.2 Å². The van der Waals surface area contributed by atoms with Gasteiger partial charge in [-0.05, 0) is 25.5 Å². The molecule has 0 saturated carbocycles. The molecule has 2 unspecified atom stereocenters. The molecule has 0 aliphatic carbocycles. The molecule has 2 aliphatic heterocycles. The highest BCUT2D eigenvalue weighted by Gasteiger charge is 2.48. The van der Waals surface area contributed by atoms with E-state index in [9.17, 15) is 9.90 Å². The maximum Gasteiger partial charge on any atom is 0.409 e. The average molecular weight is 401 g/mol. The van der Waals surface area contributed by atoms with Crippen molar-refractivity contribution in [2.75, 3.05) is 26.9 Å². The summed E-state index contributed by atoms with van der Waals surface area (Å²) in [6.45, 7) is 4.26. The topological polar surface area (TPSA) is 92.6 Å². The molecule has 0 bridgehead atoms. The van der Waals surface area contributed by atoms with E-state index in [0.717, 1.165) is 11.1 Å². The van der Waals surface area contributed by atoms with Gasteiger partial charge in [0.2, 0.25) is 0 Å². The van der Waals surface area contributed by atoms with Gasteiger partial charge in [-0.15, -0.1) is 0 Å². The number of amidine groups is 1. The van der Waals surface area contributed by atoms with Gasteiger partial charge in [0.15, 0.2) is 11.5 Å². The van der Waals surface area contributed by atoms with Gasteiger partial charge < -0.3 is 19.3 Å². The van der Waals surface area contributed by atoms with E-state index < -0.39 is 17.8 Å². The smallest absolute Gasteiger partial charge is 0.409 e. The molecule has 156 valence electrons. The van der Waals surface area contributed by atoms with Crippen LogP contribution in [0.3, 0.4) is 0 Å². The van der Waals surface area contributed by atoms with Crippen LogP contribution in [0.1, 0.15) is 19.4 Å². The third kappa shape index (κ3) is 4.60. The van der Waals surface area contributed by atoms with Crippen molar-refractivity contribution in [3.05, 3.63) is 59.5 Å². The maximum absolute atomic E-state index is 12.2. The highest BCUT2D eigenvalue weighted by atomic mass is 16.6. The van der Waals surface area contributed by atoms with Gasteiger partial charge >= 0.3 is 6.09 Å². The van der Waals surface area contributed by atoms with Crippen molar-refractivity contribution in [3.63, 3.8) is 0 Å². The van der Waals surface area contributed by atoms with Crippen molar-refractivity contribution in [3.8, 4) is 0 Å². The number of hydrogen-bond donors (Lipinski definition) is 2. The lowest BCUT2D eigenvalue weighted by atomic mass is 10.0. The molecule has 0 aromatic heterocycles. The number of aliphatic hydroxyl groups excluding tert-OH is 1. The summed E-state index contributed by atoms with van der Waals surface area (Å²) in [6, 6.07) is 9.29. The zero-order chi connectivity index (χ0) is 20.9. The average Bonchev–Trinajstić information content (AvgIpc) is 2.99. The zero-order valence-corrected chi connectivity index (χ0v) is 16.9. The number of amides is 1. The molecule has 8 heteroatoms. The molecule has 2 N–H and O–H groups in total. The summed E-state index contributed by atoms with van der Waals surface area (Å²) in [7, 11) is 1.53. The van der Waals surface area contributed by atoms with Gasteiger partial charge in [0.1, 0.15) is 25.1 Å². The Morgan fingerprint density at radius 2 is 2.03 bits per heavy atom. The summed E-state index contributed by atoms with van der Waals surface area (Å²) in [6.07, 6.45) is 3.13. The number of carbonyl (C=O) groups is 1. The fraction of sp³-hybridized carbons (Fsp3) is 0.429. The van der Waals surface area contributed by atoms with Gasteiger partial charge in [0.05, 0.1) is 13.2 Å². The molecular weight excluding hydrogens is 374 g/mol. The number of benzene rings is 1. The molecule has 3 rings (SSSR count). The standard InChI is InChI=1S/C21H27N3O5/c1-15-9-10-18-22-21(2,23-20(26)28-12-11-27-3)17(13-25)24(18)19(15)29-14-16-7-5-4-6-8-16/h4-10,17,25H,11-14H2,1-3H3,(H,23,26). The number of aliphatic hydroxyl groups is 1. The Hall–Kier alpha value is -2.84. The largest absolute Gasteiger partial charge is 0.474 e. The SMILES string of the molecule is COCCOC(=O)NC1(C)N=C2C=CC(C)=C(OCc3ccccc3)N2C1CO. The molecule has 1 aromatic carbocycles. The lowest BCUT2D eigenvalue weighted by molar-refractivity contribution is 0.0609. The Bertz CT molecular complexity index is 821. The highest BCUT2D eigenvalue weighted by molar-refractivity contribution is 5.98. The number of aliphatic imine (C=N–C) groups is 1. The Labute approximate surface area is 170 Å². The molecule has 0 radical (unpaired) electrons. The van der Waals surface area contributed by atoms with Crippen LogP contribution in [-0.2, 0) is 20.8 Å². The Kier molecular flexibility index (Phi) is 6.56. The van der Waals surface area contributed by atoms with E-state index in [1.807, 2.05) is 54.3 Å². The van der Waals surface area contributed by atoms with Crippen LogP contribution in [0.15, 0.2) is 58.9 Å². The number of ether oxygens (including phenoxy) is 3. The predicted octanol–water partition coefficient (Wildman–Crippen LogP) is 2.17. The molecule has 29 heavy (non-hydrogen) atoms. The summed E-state index contributed by atoms with van der Waals surface area (Å²) in [5.74, 6) is 1.21. The quantitative estimate of drug-likeness (QED) is 0.649. The van der Waals surface area contributed by atoms with Crippen molar-refractivity contribution < 1.29 is 24.1 Å². The second-order valence-corrected chi connectivity index (χ2v) is 7.04. The fourth-order valence-electron chi connectivity index (χ4n) is 3.34. The molecule has 2 aliphatic rings. The van der Waals surface area contributed by atoms with E-state index in [1.54, 1.807) is 6.92 Å². The van der Waals surface area contributed by atoms with Crippen molar-refractivity contribution in [2.45, 2.75) is 32.2 Å². The number of hydrogen-bond acceptors (Lipinski definition) is 7. The number of alkyl carbamates (subject to hydrolysis) is 1. The van der Waals surface area contributed by atoms with E-state index in [4.69, 9.17) is 14.2 Å². The van der Waals surface area contributed by atoms with Gasteiger partial charge in [0, 0.05) is 12.7 Å². The first-order chi connectivity index (χ1) is 14.0. The first-order valence-corrected chi connectivity index (χ1v) is 9.48. The molecular formula is C21H27N3O5. The molecule has 0 spiro atoms. The van der Waals surface area contributed by atoms with E-state index >= 15 is 0 Å². The highest BCUT2D eigenvalue weighted by Crippen LogP contribution is 2.34. The number of nitrogens with zero attached hydrogens (tertiary/aromatic N) is 2. The molecule has 2 heterocycles. The predicted molar refractivity (Wildman–Crippen MR) is 108 cm³/mol. The van der Waals surface area contributed by atoms with E-state index in [0.29, 0.717) is 24.9 Å². The number of methoxy groups -OCH3 is 1. The van der Waals surface area contributed by atoms with E-state index in [2.05, 4.69) is 10.3 Å². The van der Waals surface area contributed by atoms with Gasteiger partial charge in [0.25, 0.3) is 0 Å². The van der Waals surface area contributed by atoms with E-state index in [-0.39, 0.29) is 13.2 Å². The van der Waals surface area contributed by atoms with Gasteiger partial charge in [-0.1, -0.05) is 36.4 Å². The number of rotatable bonds is 8. The molecule has 1 amide bonds. The summed E-state index contributed by atoms with van der Waals surface area (Å²) < 4.78 is 16.1. The van der Waals surface area contributed by atoms with Crippen molar-refractivity contribution in [1.29, 1.82) is 0 Å². The van der Waals surface area contributed by atoms with Crippen LogP contribution in [0.5, 0.6) is 0 Å². The summed E-state index contributed by atoms with van der Waals surface area (Å²) in [5.41, 5.74) is 0.860. The normalized spacial score (nSPS) is 23.0. The first-order valence-electron chi connectivity index (χ1n) is 9.48. The number of fused-ring (bicyclic) bond motifs is 1. The maximum atomic E-state index is 12.2. The molecule has 8 nitrogen and oxygen atoms in total. The van der Waals surface area contributed by atoms with Crippen LogP contribution in [0.4, 0.5) is 4.79 Å². The lowest BCUT2D eigenvalue weighted by Crippen LogP contribution is -2.57. The van der Waals surface area contributed by atoms with Crippen molar-refractivity contribution in [2.24, 2.45) is 4.99 Å². The summed E-state index contributed by atoms with van der Waals surface area (Å²) in [4.78, 5) is 18.7. The third-order valence-electron chi connectivity index (χ3n) is 4.86. The van der Waals surface area contributed by atoms with Crippen molar-refractivity contribution >= 4 is 11.9 Å². The number of allylic oxidation sites excluding steroid dienone is 2. The minimum absolute atomic E-state index is 0.132. The Morgan fingerprint density at radius 1 is 1.28 bits per heavy atom. The second-order valence-electron chi connectivity index (χ2n) is 7.04. The summed E-state index contributed by atoms with van der Waals surface area (Å²) in [5, 5.41) is 12.9. The van der Waals surface area contributed by atoms with Crippen LogP contribution in [0.2, 0.25) is 0 Å². The van der Waals surface area contributed by atoms with Crippen LogP contribution in [0, 0.1) is 0 Å². The molecule has 1 aromatic rings. The fourth-order valence-corrected chi connectivity index (χ4v) is 3.34. The monoisotopic (exact) mass is 401 g/mol. The minimum Gasteiger partial charge on any atom is -0.474 e. The lowest BCUT2D eigenvalue weighted by Gasteiger charge is -2.36. The molecule has 0 saturated heterocycles. The van der Waals surface area contributed by atoms with Gasteiger partial charge in [-0.25, -0.2) is 9.79 Å². The van der Waals surface area contributed by atoms with Gasteiger partial charge in [-0.2, -0.15) is 0 Å². The van der Waals surface area contributed by atoms with Gasteiger partial charge in [-0.3, -0.25) is 10.2 Å². The number of carbonyl (C=O) groups excluding carboxylic acids is 1. The van der Waals surface area contributed by atoms with Crippen LogP contribution < -0.4 is 5.32 Å². The third-order valence-corrected chi connectivity index (χ3v) is 4.86. The Morgan fingerprint density at radius 3 is 2.72 bits per heavy atom. The van der Waals surface area contributed by atoms with E-state index in [1.165, 1.54) is 7.11 Å². The summed E-state index contributed by atoms with van der Waals surface area (Å²) >= 11 is 0.